The largest absolute Gasteiger partial charge is 0.481 e. The third kappa shape index (κ3) is 4.52. The van der Waals surface area contributed by atoms with Crippen molar-refractivity contribution < 1.29 is 19.8 Å². The van der Waals surface area contributed by atoms with Crippen LogP contribution in [0.3, 0.4) is 0 Å². The van der Waals surface area contributed by atoms with Crippen LogP contribution in [0.4, 0.5) is 0 Å². The Balaban J connectivity index is 1.54. The lowest BCUT2D eigenvalue weighted by atomic mass is 9.57. The van der Waals surface area contributed by atoms with Gasteiger partial charge in [0.05, 0.1) is 6.10 Å². The van der Waals surface area contributed by atoms with Crippen molar-refractivity contribution in [3.05, 3.63) is 11.6 Å². The van der Waals surface area contributed by atoms with E-state index in [2.05, 4.69) is 17.9 Å². The summed E-state index contributed by atoms with van der Waals surface area (Å²) in [5, 5.41) is 19.1. The number of fused-ring (bicyclic) bond motifs is 1. The summed E-state index contributed by atoms with van der Waals surface area (Å²) in [4.78, 5) is 22.2. The number of aliphatic carboxylic acids is 1. The average molecular weight is 344 g/mol. The second kappa shape index (κ2) is 8.19. The average Bonchev–Trinajstić information content (AvgIpc) is 2.54. The molecule has 0 bridgehead atoms. The van der Waals surface area contributed by atoms with Crippen LogP contribution in [0.1, 0.15) is 64.2 Å². The summed E-state index contributed by atoms with van der Waals surface area (Å²) in [5.41, 5.74) is 1.36. The Hall–Kier alpha value is -1.60. The van der Waals surface area contributed by atoms with Crippen LogP contribution in [0, 0.1) is 35.5 Å². The maximum atomic E-state index is 11.5. The summed E-state index contributed by atoms with van der Waals surface area (Å²) in [6.45, 7) is 0. The van der Waals surface area contributed by atoms with E-state index >= 15 is 0 Å². The molecule has 25 heavy (non-hydrogen) atoms. The molecule has 0 radical (unpaired) electrons. The highest BCUT2D eigenvalue weighted by molar-refractivity contribution is 5.79. The van der Waals surface area contributed by atoms with E-state index in [4.69, 9.17) is 5.11 Å². The standard InChI is InChI=1S/C21H28O4/c22-16-7-1-4-14(12-16)5-2-8-18-19-13-15(6-3-9-21(24)25)17(19)10-11-20(18)23/h6,14,17-20,23H,1,3-5,7,9-13H2,(H,24,25)/b15-6-. The van der Waals surface area contributed by atoms with Crippen LogP contribution >= 0.6 is 0 Å². The Kier molecular flexibility index (Phi) is 5.96. The molecule has 5 atom stereocenters. The lowest BCUT2D eigenvalue weighted by Gasteiger charge is -2.48. The zero-order valence-electron chi connectivity index (χ0n) is 14.7. The fourth-order valence-electron chi connectivity index (χ4n) is 4.70. The Morgan fingerprint density at radius 3 is 2.84 bits per heavy atom. The summed E-state index contributed by atoms with van der Waals surface area (Å²) >= 11 is 0. The molecule has 3 fully saturated rings. The molecule has 4 nitrogen and oxygen atoms in total. The fourth-order valence-corrected chi connectivity index (χ4v) is 4.70. The topological polar surface area (TPSA) is 74.6 Å². The molecule has 0 spiro atoms. The van der Waals surface area contributed by atoms with E-state index in [1.54, 1.807) is 0 Å². The van der Waals surface area contributed by atoms with Crippen LogP contribution in [0.25, 0.3) is 0 Å². The quantitative estimate of drug-likeness (QED) is 0.606. The molecule has 0 amide bonds. The van der Waals surface area contributed by atoms with E-state index in [1.807, 2.05) is 0 Å². The molecule has 0 saturated heterocycles. The number of Topliss-reactive ketones (excluding diaryl/α,β-unsaturated/α-hetero) is 1. The van der Waals surface area contributed by atoms with Gasteiger partial charge in [-0.15, -0.1) is 5.92 Å². The van der Waals surface area contributed by atoms with Gasteiger partial charge in [-0.2, -0.15) is 0 Å². The first-order chi connectivity index (χ1) is 12.0. The van der Waals surface area contributed by atoms with Crippen molar-refractivity contribution in [1.82, 2.24) is 0 Å². The van der Waals surface area contributed by atoms with Crippen molar-refractivity contribution in [3.63, 3.8) is 0 Å². The molecule has 0 aliphatic heterocycles. The Bertz CT molecular complexity index is 609. The molecule has 4 heteroatoms. The summed E-state index contributed by atoms with van der Waals surface area (Å²) in [6, 6.07) is 0. The molecule has 3 saturated carbocycles. The minimum absolute atomic E-state index is 0.0367. The summed E-state index contributed by atoms with van der Waals surface area (Å²) in [5.74, 6) is 7.55. The number of aliphatic hydroxyl groups excluding tert-OH is 1. The van der Waals surface area contributed by atoms with Gasteiger partial charge in [-0.1, -0.05) is 17.6 Å². The van der Waals surface area contributed by atoms with Gasteiger partial charge in [-0.3, -0.25) is 9.59 Å². The Morgan fingerprint density at radius 2 is 2.08 bits per heavy atom. The highest BCUT2D eigenvalue weighted by Gasteiger charge is 2.46. The SMILES string of the molecule is O=C(O)CC/C=C1/CC2C1CCC(O)C2C#CCC1CCCC(=O)C1. The van der Waals surface area contributed by atoms with Gasteiger partial charge >= 0.3 is 5.97 Å². The molecule has 0 aromatic rings. The van der Waals surface area contributed by atoms with E-state index in [1.165, 1.54) is 5.57 Å². The van der Waals surface area contributed by atoms with Gasteiger partial charge < -0.3 is 10.2 Å². The van der Waals surface area contributed by atoms with Crippen molar-refractivity contribution >= 4 is 11.8 Å². The lowest BCUT2D eigenvalue weighted by molar-refractivity contribution is -0.136. The van der Waals surface area contributed by atoms with Crippen molar-refractivity contribution in [2.24, 2.45) is 23.7 Å². The zero-order chi connectivity index (χ0) is 17.8. The lowest BCUT2D eigenvalue weighted by Crippen LogP contribution is -2.44. The molecule has 5 unspecified atom stereocenters. The normalized spacial score (nSPS) is 36.1. The van der Waals surface area contributed by atoms with Gasteiger partial charge in [0.25, 0.3) is 0 Å². The predicted octanol–water partition coefficient (Wildman–Crippen LogP) is 3.34. The van der Waals surface area contributed by atoms with Crippen LogP contribution < -0.4 is 0 Å². The van der Waals surface area contributed by atoms with Gasteiger partial charge in [-0.25, -0.2) is 0 Å². The van der Waals surface area contributed by atoms with Crippen molar-refractivity contribution in [1.29, 1.82) is 0 Å². The number of carbonyl (C=O) groups excluding carboxylic acids is 1. The molecule has 2 N–H and O–H groups in total. The monoisotopic (exact) mass is 344 g/mol. The van der Waals surface area contributed by atoms with Crippen molar-refractivity contribution in [2.75, 3.05) is 0 Å². The number of carbonyl (C=O) groups is 2. The maximum absolute atomic E-state index is 11.5. The molecular formula is C21H28O4. The number of hydrogen-bond acceptors (Lipinski definition) is 3. The third-order valence-electron chi connectivity index (χ3n) is 6.12. The molecule has 0 aromatic carbocycles. The number of carboxylic acid groups (broad SMARTS) is 1. The molecule has 0 heterocycles. The van der Waals surface area contributed by atoms with E-state index in [0.717, 1.165) is 44.9 Å². The first-order valence-electron chi connectivity index (χ1n) is 9.63. The predicted molar refractivity (Wildman–Crippen MR) is 94.6 cm³/mol. The molecule has 136 valence electrons. The van der Waals surface area contributed by atoms with E-state index in [9.17, 15) is 14.7 Å². The highest BCUT2D eigenvalue weighted by Crippen LogP contribution is 2.51. The minimum Gasteiger partial charge on any atom is -0.481 e. The number of hydrogen-bond donors (Lipinski definition) is 2. The fraction of sp³-hybridized carbons (Fsp3) is 0.714. The minimum atomic E-state index is -0.753. The van der Waals surface area contributed by atoms with Gasteiger partial charge in [-0.05, 0) is 56.3 Å². The number of allylic oxidation sites excluding steroid dienone is 2. The van der Waals surface area contributed by atoms with Crippen molar-refractivity contribution in [2.45, 2.75) is 70.3 Å². The van der Waals surface area contributed by atoms with Crippen LogP contribution in [-0.4, -0.2) is 28.1 Å². The van der Waals surface area contributed by atoms with Gasteiger partial charge in [0, 0.05) is 31.6 Å². The second-order valence-corrected chi connectivity index (χ2v) is 7.88. The number of rotatable bonds is 4. The number of carboxylic acids is 1. The maximum Gasteiger partial charge on any atom is 0.303 e. The molecule has 0 aromatic heterocycles. The van der Waals surface area contributed by atoms with Gasteiger partial charge in [0.1, 0.15) is 5.78 Å². The Labute approximate surface area is 149 Å². The molecule has 3 aliphatic rings. The second-order valence-electron chi connectivity index (χ2n) is 7.88. The van der Waals surface area contributed by atoms with Crippen LogP contribution in [0.2, 0.25) is 0 Å². The van der Waals surface area contributed by atoms with Gasteiger partial charge in [0.15, 0.2) is 0 Å². The van der Waals surface area contributed by atoms with Crippen LogP contribution in [0.15, 0.2) is 11.6 Å². The summed E-state index contributed by atoms with van der Waals surface area (Å²) in [6.07, 6.45) is 9.50. The first-order valence-corrected chi connectivity index (χ1v) is 9.63. The highest BCUT2D eigenvalue weighted by atomic mass is 16.4. The Morgan fingerprint density at radius 1 is 1.24 bits per heavy atom. The van der Waals surface area contributed by atoms with Crippen LogP contribution in [0.5, 0.6) is 0 Å². The summed E-state index contributed by atoms with van der Waals surface area (Å²) < 4.78 is 0. The molecule has 3 rings (SSSR count). The van der Waals surface area contributed by atoms with Crippen molar-refractivity contribution in [3.8, 4) is 11.8 Å². The van der Waals surface area contributed by atoms with E-state index in [-0.39, 0.29) is 18.4 Å². The van der Waals surface area contributed by atoms with E-state index < -0.39 is 5.97 Å². The zero-order valence-corrected chi connectivity index (χ0v) is 14.7. The van der Waals surface area contributed by atoms with E-state index in [0.29, 0.717) is 36.4 Å². The summed E-state index contributed by atoms with van der Waals surface area (Å²) in [7, 11) is 0. The number of ketones is 1. The molecular weight excluding hydrogens is 316 g/mol. The van der Waals surface area contributed by atoms with Gasteiger partial charge in [0.2, 0.25) is 0 Å². The number of aliphatic hydroxyl groups is 1. The molecule has 3 aliphatic carbocycles. The third-order valence-corrected chi connectivity index (χ3v) is 6.12. The van der Waals surface area contributed by atoms with Crippen LogP contribution in [-0.2, 0) is 9.59 Å². The first kappa shape index (κ1) is 18.2. The smallest absolute Gasteiger partial charge is 0.303 e.